The molecule has 14 heavy (non-hydrogen) atoms. The number of phenolic OH excluding ortho intramolecular Hbond substituents is 1. The zero-order valence-corrected chi connectivity index (χ0v) is 8.25. The molecule has 0 spiro atoms. The second kappa shape index (κ2) is 3.35. The first-order valence-corrected chi connectivity index (χ1v) is 4.42. The van der Waals surface area contributed by atoms with Crippen LogP contribution in [0.1, 0.15) is 0 Å². The fourth-order valence-corrected chi connectivity index (χ4v) is 1.47. The Hall–Kier alpha value is -1.48. The summed E-state index contributed by atoms with van der Waals surface area (Å²) in [5.74, 6) is 0.588. The van der Waals surface area contributed by atoms with Gasteiger partial charge in [-0.1, -0.05) is 11.6 Å². The van der Waals surface area contributed by atoms with Crippen LogP contribution in [0.25, 0.3) is 10.9 Å². The van der Waals surface area contributed by atoms with Gasteiger partial charge in [-0.05, 0) is 18.2 Å². The average Bonchev–Trinajstić information content (AvgIpc) is 2.23. The van der Waals surface area contributed by atoms with Crippen molar-refractivity contribution in [2.75, 3.05) is 7.11 Å². The molecule has 0 atom stereocenters. The van der Waals surface area contributed by atoms with Gasteiger partial charge in [0.2, 0.25) is 5.88 Å². The van der Waals surface area contributed by atoms with E-state index in [1.165, 1.54) is 6.07 Å². The number of aromatic hydroxyl groups is 1. The van der Waals surface area contributed by atoms with Crippen molar-refractivity contribution in [2.24, 2.45) is 0 Å². The molecule has 1 heterocycles. The van der Waals surface area contributed by atoms with E-state index in [2.05, 4.69) is 4.98 Å². The summed E-state index contributed by atoms with van der Waals surface area (Å²) in [6.45, 7) is 0. The first-order chi connectivity index (χ1) is 6.72. The summed E-state index contributed by atoms with van der Waals surface area (Å²) >= 11 is 5.89. The zero-order valence-electron chi connectivity index (χ0n) is 7.49. The molecule has 0 aliphatic carbocycles. The van der Waals surface area contributed by atoms with Crippen LogP contribution in [0.15, 0.2) is 24.3 Å². The lowest BCUT2D eigenvalue weighted by atomic mass is 10.2. The first kappa shape index (κ1) is 9.09. The van der Waals surface area contributed by atoms with Crippen molar-refractivity contribution < 1.29 is 9.84 Å². The molecule has 0 aliphatic heterocycles. The fourth-order valence-electron chi connectivity index (χ4n) is 1.25. The summed E-state index contributed by atoms with van der Waals surface area (Å²) in [5, 5.41) is 10.4. The standard InChI is InChI=1S/C10H8ClNO2/c1-14-9-5-2-6-7(12-9)3-4-8(13)10(6)11/h2-5,13H,1H3. The third-order valence-corrected chi connectivity index (χ3v) is 2.37. The molecule has 1 aromatic carbocycles. The van der Waals surface area contributed by atoms with E-state index < -0.39 is 0 Å². The van der Waals surface area contributed by atoms with Gasteiger partial charge in [0.1, 0.15) is 5.75 Å². The monoisotopic (exact) mass is 209 g/mol. The SMILES string of the molecule is COc1ccc2c(Cl)c(O)ccc2n1. The predicted octanol–water partition coefficient (Wildman–Crippen LogP) is 2.60. The van der Waals surface area contributed by atoms with Gasteiger partial charge in [-0.25, -0.2) is 4.98 Å². The Morgan fingerprint density at radius 3 is 2.79 bits per heavy atom. The summed E-state index contributed by atoms with van der Waals surface area (Å²) in [7, 11) is 1.55. The predicted molar refractivity (Wildman–Crippen MR) is 55.0 cm³/mol. The number of pyridine rings is 1. The number of rotatable bonds is 1. The van der Waals surface area contributed by atoms with Crippen LogP contribution < -0.4 is 4.74 Å². The van der Waals surface area contributed by atoms with E-state index in [1.54, 1.807) is 25.3 Å². The lowest BCUT2D eigenvalue weighted by Crippen LogP contribution is -1.87. The zero-order chi connectivity index (χ0) is 10.1. The van der Waals surface area contributed by atoms with Gasteiger partial charge in [0, 0.05) is 11.5 Å². The molecule has 0 bridgehead atoms. The van der Waals surface area contributed by atoms with Crippen molar-refractivity contribution >= 4 is 22.5 Å². The van der Waals surface area contributed by atoms with Gasteiger partial charge < -0.3 is 9.84 Å². The lowest BCUT2D eigenvalue weighted by molar-refractivity contribution is 0.399. The molecule has 0 radical (unpaired) electrons. The molecule has 0 unspecified atom stereocenters. The first-order valence-electron chi connectivity index (χ1n) is 4.04. The second-order valence-electron chi connectivity index (χ2n) is 2.82. The maximum Gasteiger partial charge on any atom is 0.213 e. The molecule has 0 saturated carbocycles. The number of hydrogen-bond donors (Lipinski definition) is 1. The highest BCUT2D eigenvalue weighted by Crippen LogP contribution is 2.31. The third-order valence-electron chi connectivity index (χ3n) is 1.97. The number of aromatic nitrogens is 1. The van der Waals surface area contributed by atoms with Crippen LogP contribution in [-0.2, 0) is 0 Å². The average molecular weight is 210 g/mol. The highest BCUT2D eigenvalue weighted by Gasteiger charge is 2.05. The summed E-state index contributed by atoms with van der Waals surface area (Å²) in [4.78, 5) is 4.18. The van der Waals surface area contributed by atoms with Gasteiger partial charge in [0.05, 0.1) is 17.6 Å². The Labute approximate surface area is 85.9 Å². The number of fused-ring (bicyclic) bond motifs is 1. The molecule has 2 aromatic rings. The van der Waals surface area contributed by atoms with Crippen LogP contribution in [0.2, 0.25) is 5.02 Å². The minimum absolute atomic E-state index is 0.0612. The van der Waals surface area contributed by atoms with Crippen LogP contribution in [0.5, 0.6) is 11.6 Å². The van der Waals surface area contributed by atoms with Gasteiger partial charge in [0.25, 0.3) is 0 Å². The van der Waals surface area contributed by atoms with Crippen molar-refractivity contribution in [1.82, 2.24) is 4.98 Å². The van der Waals surface area contributed by atoms with E-state index in [0.717, 1.165) is 0 Å². The number of hydrogen-bond acceptors (Lipinski definition) is 3. The van der Waals surface area contributed by atoms with E-state index >= 15 is 0 Å². The molecule has 4 heteroatoms. The number of nitrogens with zero attached hydrogens (tertiary/aromatic N) is 1. The Balaban J connectivity index is 2.74. The molecular formula is C10H8ClNO2. The Morgan fingerprint density at radius 1 is 1.29 bits per heavy atom. The van der Waals surface area contributed by atoms with Gasteiger partial charge >= 0.3 is 0 Å². The Kier molecular flexibility index (Phi) is 2.17. The number of ether oxygens (including phenoxy) is 1. The van der Waals surface area contributed by atoms with Crippen LogP contribution in [0.3, 0.4) is 0 Å². The number of methoxy groups -OCH3 is 1. The molecule has 1 aromatic heterocycles. The summed E-state index contributed by atoms with van der Waals surface area (Å²) in [5.41, 5.74) is 0.701. The fraction of sp³-hybridized carbons (Fsp3) is 0.100. The van der Waals surface area contributed by atoms with Crippen molar-refractivity contribution in [2.45, 2.75) is 0 Å². The van der Waals surface area contributed by atoms with Crippen molar-refractivity contribution in [3.8, 4) is 11.6 Å². The smallest absolute Gasteiger partial charge is 0.213 e. The number of benzene rings is 1. The summed E-state index contributed by atoms with van der Waals surface area (Å²) < 4.78 is 4.98. The quantitative estimate of drug-likeness (QED) is 0.785. The van der Waals surface area contributed by atoms with E-state index in [9.17, 15) is 5.11 Å². The molecule has 0 amide bonds. The van der Waals surface area contributed by atoms with Crippen LogP contribution >= 0.6 is 11.6 Å². The van der Waals surface area contributed by atoms with Crippen molar-refractivity contribution in [3.05, 3.63) is 29.3 Å². The van der Waals surface area contributed by atoms with Gasteiger partial charge in [0.15, 0.2) is 0 Å². The van der Waals surface area contributed by atoms with E-state index in [4.69, 9.17) is 16.3 Å². The molecule has 0 saturated heterocycles. The topological polar surface area (TPSA) is 42.4 Å². The van der Waals surface area contributed by atoms with Crippen LogP contribution in [0, 0.1) is 0 Å². The van der Waals surface area contributed by atoms with E-state index in [-0.39, 0.29) is 5.75 Å². The minimum Gasteiger partial charge on any atom is -0.506 e. The highest BCUT2D eigenvalue weighted by atomic mass is 35.5. The maximum absolute atomic E-state index is 9.35. The normalized spacial score (nSPS) is 10.4. The Morgan fingerprint density at radius 2 is 2.07 bits per heavy atom. The molecule has 3 nitrogen and oxygen atoms in total. The molecule has 0 aliphatic rings. The van der Waals surface area contributed by atoms with Gasteiger partial charge in [-0.2, -0.15) is 0 Å². The van der Waals surface area contributed by atoms with Crippen molar-refractivity contribution in [3.63, 3.8) is 0 Å². The summed E-state index contributed by atoms with van der Waals surface area (Å²) in [6.07, 6.45) is 0. The maximum atomic E-state index is 9.35. The molecule has 1 N–H and O–H groups in total. The van der Waals surface area contributed by atoms with Crippen LogP contribution in [-0.4, -0.2) is 17.2 Å². The largest absolute Gasteiger partial charge is 0.506 e. The molecule has 72 valence electrons. The highest BCUT2D eigenvalue weighted by molar-refractivity contribution is 6.36. The lowest BCUT2D eigenvalue weighted by Gasteiger charge is -2.03. The van der Waals surface area contributed by atoms with Crippen LogP contribution in [0.4, 0.5) is 0 Å². The molecular weight excluding hydrogens is 202 g/mol. The second-order valence-corrected chi connectivity index (χ2v) is 3.20. The number of halogens is 1. The minimum atomic E-state index is 0.0612. The molecule has 2 rings (SSSR count). The Bertz CT molecular complexity index is 485. The van der Waals surface area contributed by atoms with Crippen molar-refractivity contribution in [1.29, 1.82) is 0 Å². The number of phenols is 1. The van der Waals surface area contributed by atoms with E-state index in [0.29, 0.717) is 21.8 Å². The third kappa shape index (κ3) is 1.36. The summed E-state index contributed by atoms with van der Waals surface area (Å²) in [6, 6.07) is 6.67. The van der Waals surface area contributed by atoms with Gasteiger partial charge in [-0.3, -0.25) is 0 Å². The van der Waals surface area contributed by atoms with E-state index in [1.807, 2.05) is 0 Å². The molecule has 0 fully saturated rings. The van der Waals surface area contributed by atoms with Gasteiger partial charge in [-0.15, -0.1) is 0 Å².